The smallest absolute Gasteiger partial charge is 0.308 e. The van der Waals surface area contributed by atoms with Crippen LogP contribution in [0.25, 0.3) is 0 Å². The first kappa shape index (κ1) is 17.4. The number of rotatable bonds is 3. The minimum absolute atomic E-state index is 0.0434. The number of nitrogens with zero attached hydrogens (tertiary/aromatic N) is 1. The molecular formula is C14H27N4O3+. The highest BCUT2D eigenvalue weighted by atomic mass is 16.5. The van der Waals surface area contributed by atoms with Crippen LogP contribution in [0.3, 0.4) is 0 Å². The third-order valence-electron chi connectivity index (χ3n) is 3.58. The summed E-state index contributed by atoms with van der Waals surface area (Å²) in [6, 6.07) is -0.0597. The molecule has 0 spiro atoms. The van der Waals surface area contributed by atoms with E-state index in [1.165, 1.54) is 7.11 Å². The van der Waals surface area contributed by atoms with Gasteiger partial charge in [-0.05, 0) is 33.6 Å². The van der Waals surface area contributed by atoms with Crippen LogP contribution in [0.2, 0.25) is 0 Å². The van der Waals surface area contributed by atoms with E-state index in [0.29, 0.717) is 19.3 Å². The molecule has 1 saturated carbocycles. The number of nitrogens with one attached hydrogen (secondary N) is 2. The van der Waals surface area contributed by atoms with Crippen molar-refractivity contribution in [1.82, 2.24) is 0 Å². The zero-order chi connectivity index (χ0) is 16.0. The number of ether oxygens (including phenoxy) is 2. The van der Waals surface area contributed by atoms with Gasteiger partial charge in [-0.2, -0.15) is 11.0 Å². The normalized spacial score (nSPS) is 27.1. The quantitative estimate of drug-likeness (QED) is 0.134. The average molecular weight is 299 g/mol. The molecule has 0 aromatic carbocycles. The second-order valence-corrected chi connectivity index (χ2v) is 6.50. The van der Waals surface area contributed by atoms with Crippen molar-refractivity contribution in [2.45, 2.75) is 58.1 Å². The third kappa shape index (κ3) is 5.69. The van der Waals surface area contributed by atoms with Crippen LogP contribution in [-0.4, -0.2) is 30.6 Å². The molecule has 0 radical (unpaired) electrons. The van der Waals surface area contributed by atoms with Gasteiger partial charge in [0.05, 0.1) is 18.3 Å². The zero-order valence-electron chi connectivity index (χ0n) is 13.3. The van der Waals surface area contributed by atoms with E-state index in [1.807, 2.05) is 20.8 Å². The van der Waals surface area contributed by atoms with Gasteiger partial charge in [0.15, 0.2) is 5.90 Å². The van der Waals surface area contributed by atoms with Crippen molar-refractivity contribution < 1.29 is 19.4 Å². The highest BCUT2D eigenvalue weighted by molar-refractivity contribution is 5.76. The number of hydrogen-bond donors (Lipinski definition) is 3. The molecule has 1 unspecified atom stereocenters. The van der Waals surface area contributed by atoms with Gasteiger partial charge >= 0.3 is 5.97 Å². The lowest BCUT2D eigenvalue weighted by molar-refractivity contribution is -0.578. The minimum atomic E-state index is -0.397. The zero-order valence-corrected chi connectivity index (χ0v) is 13.3. The third-order valence-corrected chi connectivity index (χ3v) is 3.58. The number of methoxy groups -OCH3 is 1. The molecule has 0 amide bonds. The van der Waals surface area contributed by atoms with Gasteiger partial charge < -0.3 is 9.47 Å². The fraction of sp³-hybridized carbons (Fsp3) is 0.857. The molecule has 1 rings (SSSR count). The van der Waals surface area contributed by atoms with Gasteiger partial charge in [-0.25, -0.2) is 0 Å². The Morgan fingerprint density at radius 3 is 2.38 bits per heavy atom. The molecule has 21 heavy (non-hydrogen) atoms. The van der Waals surface area contributed by atoms with E-state index < -0.39 is 5.60 Å². The van der Waals surface area contributed by atoms with Crippen molar-refractivity contribution in [3.8, 4) is 0 Å². The number of carbonyl (C=O) groups excluding carboxylic acids is 1. The molecule has 1 aliphatic carbocycles. The summed E-state index contributed by atoms with van der Waals surface area (Å²) < 4.78 is 10.5. The monoisotopic (exact) mass is 299 g/mol. The number of esters is 1. The van der Waals surface area contributed by atoms with Gasteiger partial charge in [0.2, 0.25) is 0 Å². The Bertz CT molecular complexity index is 404. The molecule has 0 aliphatic heterocycles. The molecule has 0 heterocycles. The van der Waals surface area contributed by atoms with Gasteiger partial charge in [-0.3, -0.25) is 10.2 Å². The SMILES string of the molecule is COC(=O)[C@H]1CCC(C(=N)OC(C)(C)C)C[C@@H]([NH+]=NN)C1. The lowest BCUT2D eigenvalue weighted by Gasteiger charge is -2.26. The number of hydrogen-bond acceptors (Lipinski definition) is 5. The van der Waals surface area contributed by atoms with Crippen LogP contribution in [0.15, 0.2) is 5.22 Å². The van der Waals surface area contributed by atoms with Crippen LogP contribution >= 0.6 is 0 Å². The van der Waals surface area contributed by atoms with Crippen LogP contribution in [0.4, 0.5) is 0 Å². The molecule has 7 heteroatoms. The molecule has 3 atom stereocenters. The van der Waals surface area contributed by atoms with Crippen LogP contribution in [-0.2, 0) is 14.3 Å². The second kappa shape index (κ2) is 7.38. The van der Waals surface area contributed by atoms with E-state index in [4.69, 9.17) is 20.7 Å². The summed E-state index contributed by atoms with van der Waals surface area (Å²) in [5.41, 5.74) is -0.397. The Morgan fingerprint density at radius 2 is 1.86 bits per heavy atom. The van der Waals surface area contributed by atoms with Crippen molar-refractivity contribution >= 4 is 11.9 Å². The van der Waals surface area contributed by atoms with Crippen LogP contribution < -0.4 is 11.0 Å². The van der Waals surface area contributed by atoms with Gasteiger partial charge in [0.25, 0.3) is 0 Å². The molecule has 120 valence electrons. The maximum absolute atomic E-state index is 11.8. The standard InChI is InChI=1S/C14H26N4O3/c1-14(2,3)21-12(15)9-5-6-10(13(19)20-4)8-11(7-9)17-18-16/h9-11,15H,5-8H2,1-4H3,(H2,16,17)/p+1/t9?,10-,11+/m0/s1. The highest BCUT2D eigenvalue weighted by Crippen LogP contribution is 2.29. The van der Waals surface area contributed by atoms with E-state index in [-0.39, 0.29) is 29.7 Å². The van der Waals surface area contributed by atoms with E-state index in [2.05, 4.69) is 10.3 Å². The van der Waals surface area contributed by atoms with Gasteiger partial charge in [-0.1, -0.05) is 0 Å². The number of nitrogens with two attached hydrogens (primary N) is 1. The summed E-state index contributed by atoms with van der Waals surface area (Å²) in [6.07, 6.45) is 2.67. The van der Waals surface area contributed by atoms with Crippen molar-refractivity contribution in [3.05, 3.63) is 0 Å². The van der Waals surface area contributed by atoms with Crippen molar-refractivity contribution in [3.63, 3.8) is 0 Å². The molecule has 0 bridgehead atoms. The Labute approximate surface area is 125 Å². The van der Waals surface area contributed by atoms with Crippen molar-refractivity contribution in [1.29, 1.82) is 5.41 Å². The fourth-order valence-electron chi connectivity index (χ4n) is 2.66. The minimum Gasteiger partial charge on any atom is -0.475 e. The molecule has 0 aromatic rings. The fourth-order valence-corrected chi connectivity index (χ4v) is 2.66. The Hall–Kier alpha value is -1.66. The second-order valence-electron chi connectivity index (χ2n) is 6.50. The lowest BCUT2D eigenvalue weighted by Crippen LogP contribution is -2.75. The van der Waals surface area contributed by atoms with Crippen LogP contribution in [0.1, 0.15) is 46.5 Å². The van der Waals surface area contributed by atoms with Gasteiger partial charge in [0.1, 0.15) is 11.6 Å². The molecule has 1 fully saturated rings. The van der Waals surface area contributed by atoms with Crippen molar-refractivity contribution in [2.24, 2.45) is 22.9 Å². The molecule has 0 aromatic heterocycles. The molecular weight excluding hydrogens is 272 g/mol. The largest absolute Gasteiger partial charge is 0.475 e. The topological polar surface area (TPSA) is 112 Å². The Kier molecular flexibility index (Phi) is 6.11. The summed E-state index contributed by atoms with van der Waals surface area (Å²) in [7, 11) is 1.39. The maximum Gasteiger partial charge on any atom is 0.308 e. The molecule has 1 aliphatic rings. The summed E-state index contributed by atoms with van der Waals surface area (Å²) in [5, 5.41) is 14.4. The highest BCUT2D eigenvalue weighted by Gasteiger charge is 2.34. The van der Waals surface area contributed by atoms with Crippen LogP contribution in [0, 0.1) is 17.2 Å². The first-order valence-electron chi connectivity index (χ1n) is 7.27. The molecule has 4 N–H and O–H groups in total. The Morgan fingerprint density at radius 1 is 1.29 bits per heavy atom. The van der Waals surface area contributed by atoms with Gasteiger partial charge in [-0.15, -0.1) is 0 Å². The van der Waals surface area contributed by atoms with E-state index in [9.17, 15) is 4.79 Å². The first-order valence-corrected chi connectivity index (χ1v) is 7.27. The molecule has 0 saturated heterocycles. The summed E-state index contributed by atoms with van der Waals surface area (Å²) >= 11 is 0. The predicted octanol–water partition coefficient (Wildman–Crippen LogP) is 0.533. The maximum atomic E-state index is 11.8. The van der Waals surface area contributed by atoms with E-state index in [1.54, 1.807) is 0 Å². The Balaban J connectivity index is 2.80. The summed E-state index contributed by atoms with van der Waals surface area (Å²) in [5.74, 6) is 5.01. The van der Waals surface area contributed by atoms with Crippen molar-refractivity contribution in [2.75, 3.05) is 7.11 Å². The lowest BCUT2D eigenvalue weighted by atomic mass is 9.97. The first-order chi connectivity index (χ1) is 9.76. The van der Waals surface area contributed by atoms with Crippen LogP contribution in [0.5, 0.6) is 0 Å². The predicted molar refractivity (Wildman–Crippen MR) is 77.4 cm³/mol. The number of carbonyl (C=O) groups is 1. The van der Waals surface area contributed by atoms with E-state index >= 15 is 0 Å². The summed E-state index contributed by atoms with van der Waals surface area (Å²) in [6.45, 7) is 5.75. The molecule has 7 nitrogen and oxygen atoms in total. The summed E-state index contributed by atoms with van der Waals surface area (Å²) in [4.78, 5) is 11.8. The van der Waals surface area contributed by atoms with Gasteiger partial charge in [0, 0.05) is 18.8 Å². The average Bonchev–Trinajstić information content (AvgIpc) is 2.59. The van der Waals surface area contributed by atoms with E-state index in [0.717, 1.165) is 6.42 Å².